The number of nitrogens with two attached hydrogens (primary N) is 1. The van der Waals surface area contributed by atoms with Gasteiger partial charge in [-0.25, -0.2) is 4.98 Å². The van der Waals surface area contributed by atoms with Crippen LogP contribution in [-0.4, -0.2) is 45.4 Å². The number of nitrogens with zero attached hydrogens (tertiary/aromatic N) is 5. The molecule has 0 radical (unpaired) electrons. The first kappa shape index (κ1) is 12.6. The van der Waals surface area contributed by atoms with E-state index in [1.165, 1.54) is 16.9 Å². The predicted molar refractivity (Wildman–Crippen MR) is 58.1 cm³/mol. The van der Waals surface area contributed by atoms with Crippen molar-refractivity contribution < 1.29 is 13.2 Å². The minimum absolute atomic E-state index is 0.0407. The quantitative estimate of drug-likeness (QED) is 0.864. The molecule has 2 rings (SSSR count). The summed E-state index contributed by atoms with van der Waals surface area (Å²) in [4.78, 5) is 4.97. The molecule has 0 saturated carbocycles. The van der Waals surface area contributed by atoms with Gasteiger partial charge in [-0.2, -0.15) is 13.2 Å². The number of alkyl halides is 3. The average molecular weight is 260 g/mol. The molecule has 98 valence electrons. The Kier molecular flexibility index (Phi) is 3.32. The number of fused-ring (bicyclic) bond motifs is 1. The lowest BCUT2D eigenvalue weighted by atomic mass is 10.4. The fourth-order valence-corrected chi connectivity index (χ4v) is 1.60. The normalized spacial score (nSPS) is 12.0. The fourth-order valence-electron chi connectivity index (χ4n) is 1.60. The summed E-state index contributed by atoms with van der Waals surface area (Å²) in [7, 11) is 0. The van der Waals surface area contributed by atoms with Crippen LogP contribution >= 0.6 is 0 Å². The first-order chi connectivity index (χ1) is 8.51. The van der Waals surface area contributed by atoms with Gasteiger partial charge < -0.3 is 10.6 Å². The van der Waals surface area contributed by atoms with Crippen LogP contribution in [0.1, 0.15) is 0 Å². The maximum Gasteiger partial charge on any atom is 0.405 e. The Hall–Kier alpha value is -1.90. The van der Waals surface area contributed by atoms with Crippen LogP contribution in [0.2, 0.25) is 0 Å². The standard InChI is InChI=1S/C9H11F3N6/c10-9(11,12)5-17(3-1-13)7-8-16-15-6-18(8)4-2-14-7/h2,4,6H,1,3,5,13H2. The zero-order valence-corrected chi connectivity index (χ0v) is 9.30. The Balaban J connectivity index is 2.38. The molecule has 2 heterocycles. The van der Waals surface area contributed by atoms with Gasteiger partial charge in [-0.3, -0.25) is 4.40 Å². The van der Waals surface area contributed by atoms with Crippen molar-refractivity contribution in [2.45, 2.75) is 6.18 Å². The average Bonchev–Trinajstić information content (AvgIpc) is 2.74. The third-order valence-corrected chi connectivity index (χ3v) is 2.27. The van der Waals surface area contributed by atoms with Crippen LogP contribution in [0.4, 0.5) is 19.0 Å². The van der Waals surface area contributed by atoms with Crippen molar-refractivity contribution in [3.8, 4) is 0 Å². The monoisotopic (exact) mass is 260 g/mol. The van der Waals surface area contributed by atoms with E-state index in [9.17, 15) is 13.2 Å². The molecule has 0 aliphatic rings. The molecule has 2 N–H and O–H groups in total. The molecule has 0 atom stereocenters. The number of rotatable bonds is 4. The number of hydrogen-bond acceptors (Lipinski definition) is 5. The second-order valence-electron chi connectivity index (χ2n) is 3.64. The maximum absolute atomic E-state index is 12.5. The van der Waals surface area contributed by atoms with Gasteiger partial charge in [-0.1, -0.05) is 0 Å². The van der Waals surface area contributed by atoms with E-state index in [4.69, 9.17) is 5.73 Å². The molecule has 2 aromatic rings. The Morgan fingerprint density at radius 3 is 2.83 bits per heavy atom. The van der Waals surface area contributed by atoms with Crippen molar-refractivity contribution in [2.24, 2.45) is 5.73 Å². The lowest BCUT2D eigenvalue weighted by molar-refractivity contribution is -0.119. The van der Waals surface area contributed by atoms with Crippen LogP contribution in [0.15, 0.2) is 18.7 Å². The van der Waals surface area contributed by atoms with Crippen LogP contribution < -0.4 is 10.6 Å². The largest absolute Gasteiger partial charge is 0.405 e. The summed E-state index contributed by atoms with van der Waals surface area (Å²) in [5.41, 5.74) is 5.60. The molecule has 6 nitrogen and oxygen atoms in total. The molecule has 2 aromatic heterocycles. The topological polar surface area (TPSA) is 72.3 Å². The van der Waals surface area contributed by atoms with Crippen molar-refractivity contribution >= 4 is 11.5 Å². The van der Waals surface area contributed by atoms with E-state index in [1.54, 1.807) is 6.20 Å². The first-order valence-electron chi connectivity index (χ1n) is 5.17. The molecule has 9 heteroatoms. The lowest BCUT2D eigenvalue weighted by Crippen LogP contribution is -2.38. The minimum atomic E-state index is -4.33. The molecular formula is C9H11F3N6. The molecular weight excluding hydrogens is 249 g/mol. The smallest absolute Gasteiger partial charge is 0.343 e. The highest BCUT2D eigenvalue weighted by molar-refractivity contribution is 5.63. The van der Waals surface area contributed by atoms with Crippen molar-refractivity contribution in [2.75, 3.05) is 24.5 Å². The number of halogens is 3. The number of hydrogen-bond donors (Lipinski definition) is 1. The zero-order chi connectivity index (χ0) is 13.2. The van der Waals surface area contributed by atoms with Gasteiger partial charge in [0, 0.05) is 25.5 Å². The van der Waals surface area contributed by atoms with E-state index in [2.05, 4.69) is 15.2 Å². The Morgan fingerprint density at radius 1 is 1.39 bits per heavy atom. The van der Waals surface area contributed by atoms with E-state index in [0.29, 0.717) is 0 Å². The molecule has 0 saturated heterocycles. The summed E-state index contributed by atoms with van der Waals surface area (Å²) in [5.74, 6) is 0.123. The van der Waals surface area contributed by atoms with Crippen LogP contribution in [0.3, 0.4) is 0 Å². The maximum atomic E-state index is 12.5. The van der Waals surface area contributed by atoms with Gasteiger partial charge in [0.1, 0.15) is 12.9 Å². The van der Waals surface area contributed by atoms with Crippen molar-refractivity contribution in [1.29, 1.82) is 0 Å². The van der Waals surface area contributed by atoms with Crippen LogP contribution in [0.5, 0.6) is 0 Å². The Morgan fingerprint density at radius 2 is 2.17 bits per heavy atom. The third kappa shape index (κ3) is 2.67. The highest BCUT2D eigenvalue weighted by atomic mass is 19.4. The minimum Gasteiger partial charge on any atom is -0.343 e. The first-order valence-corrected chi connectivity index (χ1v) is 5.17. The van der Waals surface area contributed by atoms with Crippen molar-refractivity contribution in [3.05, 3.63) is 18.7 Å². The Labute approximate surface area is 100 Å². The molecule has 0 aromatic carbocycles. The van der Waals surface area contributed by atoms with Crippen molar-refractivity contribution in [1.82, 2.24) is 19.6 Å². The van der Waals surface area contributed by atoms with Crippen LogP contribution in [-0.2, 0) is 0 Å². The molecule has 0 aliphatic heterocycles. The SMILES string of the molecule is NCCN(CC(F)(F)F)c1nccn2cnnc12. The van der Waals surface area contributed by atoms with Gasteiger partial charge in [0.25, 0.3) is 0 Å². The number of anilines is 1. The molecule has 0 unspecified atom stereocenters. The summed E-state index contributed by atoms with van der Waals surface area (Å²) in [6, 6.07) is 0. The Bertz CT molecular complexity index is 522. The molecule has 0 aliphatic carbocycles. The van der Waals surface area contributed by atoms with Crippen molar-refractivity contribution in [3.63, 3.8) is 0 Å². The van der Waals surface area contributed by atoms with E-state index >= 15 is 0 Å². The zero-order valence-electron chi connectivity index (χ0n) is 9.30. The summed E-state index contributed by atoms with van der Waals surface area (Å²) >= 11 is 0. The van der Waals surface area contributed by atoms with Gasteiger partial charge in [0.15, 0.2) is 5.82 Å². The lowest BCUT2D eigenvalue weighted by Gasteiger charge is -2.24. The van der Waals surface area contributed by atoms with Gasteiger partial charge in [-0.05, 0) is 0 Å². The highest BCUT2D eigenvalue weighted by Crippen LogP contribution is 2.22. The van der Waals surface area contributed by atoms with Crippen LogP contribution in [0.25, 0.3) is 5.65 Å². The van der Waals surface area contributed by atoms with Gasteiger partial charge in [-0.15, -0.1) is 10.2 Å². The summed E-state index contributed by atoms with van der Waals surface area (Å²) in [6.45, 7) is -0.990. The van der Waals surface area contributed by atoms with E-state index < -0.39 is 12.7 Å². The van der Waals surface area contributed by atoms with E-state index in [1.807, 2.05) is 0 Å². The molecule has 18 heavy (non-hydrogen) atoms. The fraction of sp³-hybridized carbons (Fsp3) is 0.444. The molecule has 0 amide bonds. The molecule has 0 bridgehead atoms. The van der Waals surface area contributed by atoms with Crippen LogP contribution in [0, 0.1) is 0 Å². The predicted octanol–water partition coefficient (Wildman–Crippen LogP) is 0.452. The second-order valence-corrected chi connectivity index (χ2v) is 3.64. The molecule has 0 spiro atoms. The van der Waals surface area contributed by atoms with Gasteiger partial charge in [0.2, 0.25) is 5.65 Å². The summed E-state index contributed by atoms with van der Waals surface area (Å²) < 4.78 is 39.0. The molecule has 0 fully saturated rings. The third-order valence-electron chi connectivity index (χ3n) is 2.27. The number of aromatic nitrogens is 4. The highest BCUT2D eigenvalue weighted by Gasteiger charge is 2.32. The van der Waals surface area contributed by atoms with E-state index in [0.717, 1.165) is 4.90 Å². The summed E-state index contributed by atoms with van der Waals surface area (Å²) in [6.07, 6.45) is 0.0249. The van der Waals surface area contributed by atoms with Gasteiger partial charge >= 0.3 is 6.18 Å². The van der Waals surface area contributed by atoms with E-state index in [-0.39, 0.29) is 24.6 Å². The summed E-state index contributed by atoms with van der Waals surface area (Å²) in [5, 5.41) is 7.39. The van der Waals surface area contributed by atoms with Gasteiger partial charge in [0.05, 0.1) is 0 Å². The second kappa shape index (κ2) is 4.77.